The Morgan fingerprint density at radius 3 is 2.52 bits per heavy atom. The van der Waals surface area contributed by atoms with Crippen molar-refractivity contribution < 1.29 is 9.53 Å². The quantitative estimate of drug-likeness (QED) is 0.693. The standard InChI is InChI=1S/C19H24BrN3O2/c1-19(2,3)25-18(24)23-17-6-4-14(5-7-17)8-9-21-11-15-10-16(20)13-22-12-15/h4-7,10,12-13,21H,8-9,11H2,1-3H3,(H,23,24). The maximum absolute atomic E-state index is 11.7. The lowest BCUT2D eigenvalue weighted by atomic mass is 10.1. The molecule has 0 saturated carbocycles. The number of anilines is 1. The number of pyridine rings is 1. The van der Waals surface area contributed by atoms with Crippen LogP contribution in [0.4, 0.5) is 10.5 Å². The molecule has 25 heavy (non-hydrogen) atoms. The number of hydrogen-bond acceptors (Lipinski definition) is 4. The van der Waals surface area contributed by atoms with E-state index in [1.165, 1.54) is 5.56 Å². The Balaban J connectivity index is 1.74. The van der Waals surface area contributed by atoms with E-state index in [9.17, 15) is 4.79 Å². The molecule has 6 heteroatoms. The highest BCUT2D eigenvalue weighted by Gasteiger charge is 2.15. The van der Waals surface area contributed by atoms with E-state index in [1.807, 2.05) is 51.2 Å². The first-order valence-corrected chi connectivity index (χ1v) is 9.00. The van der Waals surface area contributed by atoms with Gasteiger partial charge in [-0.25, -0.2) is 4.79 Å². The highest BCUT2D eigenvalue weighted by atomic mass is 79.9. The summed E-state index contributed by atoms with van der Waals surface area (Å²) in [5.41, 5.74) is 2.58. The van der Waals surface area contributed by atoms with Gasteiger partial charge in [-0.3, -0.25) is 10.3 Å². The van der Waals surface area contributed by atoms with Gasteiger partial charge < -0.3 is 10.1 Å². The molecule has 5 nitrogen and oxygen atoms in total. The van der Waals surface area contributed by atoms with Crippen LogP contribution in [0.3, 0.4) is 0 Å². The van der Waals surface area contributed by atoms with Crippen LogP contribution in [0.15, 0.2) is 47.2 Å². The van der Waals surface area contributed by atoms with Crippen molar-refractivity contribution in [2.75, 3.05) is 11.9 Å². The summed E-state index contributed by atoms with van der Waals surface area (Å²) in [6.07, 6.45) is 4.10. The summed E-state index contributed by atoms with van der Waals surface area (Å²) in [4.78, 5) is 15.9. The first-order valence-electron chi connectivity index (χ1n) is 8.21. The first kappa shape index (κ1) is 19.4. The minimum atomic E-state index is -0.500. The molecule has 0 spiro atoms. The highest BCUT2D eigenvalue weighted by Crippen LogP contribution is 2.13. The van der Waals surface area contributed by atoms with Gasteiger partial charge in [0.15, 0.2) is 0 Å². The Morgan fingerprint density at radius 1 is 1.16 bits per heavy atom. The molecule has 0 aliphatic rings. The van der Waals surface area contributed by atoms with Crippen LogP contribution in [-0.4, -0.2) is 23.2 Å². The number of aromatic nitrogens is 1. The summed E-state index contributed by atoms with van der Waals surface area (Å²) < 4.78 is 6.22. The molecule has 0 aliphatic heterocycles. The number of rotatable bonds is 6. The molecule has 1 heterocycles. The fraction of sp³-hybridized carbons (Fsp3) is 0.368. The van der Waals surface area contributed by atoms with E-state index in [1.54, 1.807) is 6.20 Å². The number of nitrogens with zero attached hydrogens (tertiary/aromatic N) is 1. The average molecular weight is 406 g/mol. The molecule has 1 aromatic heterocycles. The van der Waals surface area contributed by atoms with Crippen molar-refractivity contribution in [3.8, 4) is 0 Å². The molecule has 0 atom stereocenters. The smallest absolute Gasteiger partial charge is 0.412 e. The monoisotopic (exact) mass is 405 g/mol. The summed E-state index contributed by atoms with van der Waals surface area (Å²) in [5.74, 6) is 0. The van der Waals surface area contributed by atoms with E-state index in [0.29, 0.717) is 0 Å². The second-order valence-corrected chi connectivity index (χ2v) is 7.68. The Bertz CT molecular complexity index is 697. The number of halogens is 1. The van der Waals surface area contributed by atoms with Crippen molar-refractivity contribution in [2.24, 2.45) is 0 Å². The van der Waals surface area contributed by atoms with Crippen LogP contribution in [0, 0.1) is 0 Å². The van der Waals surface area contributed by atoms with Gasteiger partial charge in [0.1, 0.15) is 5.60 Å². The molecule has 0 saturated heterocycles. The molecular weight excluding hydrogens is 382 g/mol. The molecule has 1 aromatic carbocycles. The second kappa shape index (κ2) is 8.97. The van der Waals surface area contributed by atoms with Gasteiger partial charge in [0.05, 0.1) is 0 Å². The first-order chi connectivity index (χ1) is 11.8. The van der Waals surface area contributed by atoms with Crippen LogP contribution in [0.2, 0.25) is 0 Å². The molecule has 0 fully saturated rings. The number of amides is 1. The zero-order valence-corrected chi connectivity index (χ0v) is 16.4. The van der Waals surface area contributed by atoms with Crippen LogP contribution in [0.1, 0.15) is 31.9 Å². The Hall–Kier alpha value is -1.92. The fourth-order valence-electron chi connectivity index (χ4n) is 2.19. The van der Waals surface area contributed by atoms with Gasteiger partial charge in [-0.15, -0.1) is 0 Å². The molecule has 0 unspecified atom stereocenters. The summed E-state index contributed by atoms with van der Waals surface area (Å²) in [5, 5.41) is 6.13. The maximum atomic E-state index is 11.7. The van der Waals surface area contributed by atoms with Gasteiger partial charge in [-0.05, 0) is 79.0 Å². The SMILES string of the molecule is CC(C)(C)OC(=O)Nc1ccc(CCNCc2cncc(Br)c2)cc1. The lowest BCUT2D eigenvalue weighted by Gasteiger charge is -2.19. The third-order valence-electron chi connectivity index (χ3n) is 3.28. The van der Waals surface area contributed by atoms with E-state index < -0.39 is 11.7 Å². The molecule has 0 radical (unpaired) electrons. The lowest BCUT2D eigenvalue weighted by molar-refractivity contribution is 0.0636. The number of carbonyl (C=O) groups is 1. The average Bonchev–Trinajstić information content (AvgIpc) is 2.51. The van der Waals surface area contributed by atoms with Crippen LogP contribution in [0.5, 0.6) is 0 Å². The number of nitrogens with one attached hydrogen (secondary N) is 2. The predicted molar refractivity (Wildman–Crippen MR) is 104 cm³/mol. The second-order valence-electron chi connectivity index (χ2n) is 6.76. The zero-order chi connectivity index (χ0) is 18.3. The predicted octanol–water partition coefficient (Wildman–Crippen LogP) is 4.52. The van der Waals surface area contributed by atoms with Crippen molar-refractivity contribution in [1.82, 2.24) is 10.3 Å². The van der Waals surface area contributed by atoms with Gasteiger partial charge in [0.2, 0.25) is 0 Å². The zero-order valence-electron chi connectivity index (χ0n) is 14.8. The molecule has 2 aromatic rings. The van der Waals surface area contributed by atoms with Crippen molar-refractivity contribution in [3.05, 3.63) is 58.3 Å². The van der Waals surface area contributed by atoms with Crippen LogP contribution < -0.4 is 10.6 Å². The van der Waals surface area contributed by atoms with Crippen molar-refractivity contribution in [1.29, 1.82) is 0 Å². The molecule has 0 aliphatic carbocycles. The van der Waals surface area contributed by atoms with E-state index in [0.717, 1.165) is 35.2 Å². The summed E-state index contributed by atoms with van der Waals surface area (Å²) in [6.45, 7) is 7.17. The highest BCUT2D eigenvalue weighted by molar-refractivity contribution is 9.10. The molecule has 2 N–H and O–H groups in total. The minimum absolute atomic E-state index is 0.440. The molecule has 134 valence electrons. The topological polar surface area (TPSA) is 63.2 Å². The van der Waals surface area contributed by atoms with Crippen molar-refractivity contribution in [2.45, 2.75) is 39.3 Å². The van der Waals surface area contributed by atoms with Gasteiger partial charge in [-0.2, -0.15) is 0 Å². The minimum Gasteiger partial charge on any atom is -0.444 e. The van der Waals surface area contributed by atoms with Crippen LogP contribution >= 0.6 is 15.9 Å². The summed E-state index contributed by atoms with van der Waals surface area (Å²) >= 11 is 3.42. The summed E-state index contributed by atoms with van der Waals surface area (Å²) in [7, 11) is 0. The third kappa shape index (κ3) is 7.67. The normalized spacial score (nSPS) is 11.2. The summed E-state index contributed by atoms with van der Waals surface area (Å²) in [6, 6.07) is 9.84. The molecular formula is C19H24BrN3O2. The largest absolute Gasteiger partial charge is 0.444 e. The molecule has 1 amide bonds. The maximum Gasteiger partial charge on any atom is 0.412 e. The third-order valence-corrected chi connectivity index (χ3v) is 3.71. The van der Waals surface area contributed by atoms with Crippen molar-refractivity contribution >= 4 is 27.7 Å². The van der Waals surface area contributed by atoms with Gasteiger partial charge in [0.25, 0.3) is 0 Å². The Labute approximate surface area is 157 Å². The van der Waals surface area contributed by atoms with Crippen LogP contribution in [-0.2, 0) is 17.7 Å². The lowest BCUT2D eigenvalue weighted by Crippen LogP contribution is -2.27. The van der Waals surface area contributed by atoms with Gasteiger partial charge >= 0.3 is 6.09 Å². The number of ether oxygens (including phenoxy) is 1. The molecule has 0 bridgehead atoms. The number of carbonyl (C=O) groups excluding carboxylic acids is 1. The van der Waals surface area contributed by atoms with E-state index in [4.69, 9.17) is 4.74 Å². The molecule has 2 rings (SSSR count). The van der Waals surface area contributed by atoms with Gasteiger partial charge in [0, 0.05) is 29.1 Å². The van der Waals surface area contributed by atoms with Crippen LogP contribution in [0.25, 0.3) is 0 Å². The number of benzene rings is 1. The van der Waals surface area contributed by atoms with E-state index in [-0.39, 0.29) is 0 Å². The van der Waals surface area contributed by atoms with E-state index in [2.05, 4.69) is 37.6 Å². The Kier molecular flexibility index (Phi) is 6.96. The Morgan fingerprint density at radius 2 is 1.88 bits per heavy atom. The fourth-order valence-corrected chi connectivity index (χ4v) is 2.61. The van der Waals surface area contributed by atoms with E-state index >= 15 is 0 Å². The van der Waals surface area contributed by atoms with Gasteiger partial charge in [-0.1, -0.05) is 12.1 Å². The van der Waals surface area contributed by atoms with Crippen molar-refractivity contribution in [3.63, 3.8) is 0 Å². The number of hydrogen-bond donors (Lipinski definition) is 2.